The van der Waals surface area contributed by atoms with E-state index in [9.17, 15) is 10.1 Å². The number of nitrogens with zero attached hydrogens (tertiary/aromatic N) is 2. The lowest BCUT2D eigenvalue weighted by Gasteiger charge is -1.84. The minimum absolute atomic E-state index is 0.326. The zero-order chi connectivity index (χ0) is 7.56. The zero-order valence-corrected chi connectivity index (χ0v) is 4.87. The molecular formula is C4H4N4O2. The van der Waals surface area contributed by atoms with E-state index in [2.05, 4.69) is 9.97 Å². The van der Waals surface area contributed by atoms with Gasteiger partial charge in [-0.25, -0.2) is 4.98 Å². The standard InChI is InChI=1S/C4H4N4O2/c5-1-3-2-6-4(7-3)8(9)10/h1-2,5H,(H,6,7). The second kappa shape index (κ2) is 2.26. The number of nitrogens with one attached hydrogen (secondary N) is 2. The van der Waals surface area contributed by atoms with Crippen molar-refractivity contribution in [2.24, 2.45) is 0 Å². The van der Waals surface area contributed by atoms with E-state index in [4.69, 9.17) is 5.41 Å². The molecule has 0 amide bonds. The average molecular weight is 140 g/mol. The third-order valence-electron chi connectivity index (χ3n) is 0.910. The maximum Gasteiger partial charge on any atom is 0.432 e. The first-order valence-electron chi connectivity index (χ1n) is 2.44. The van der Waals surface area contributed by atoms with Gasteiger partial charge in [-0.05, 0) is 4.92 Å². The molecule has 10 heavy (non-hydrogen) atoms. The van der Waals surface area contributed by atoms with Crippen LogP contribution in [0.25, 0.3) is 0 Å². The molecule has 0 bridgehead atoms. The van der Waals surface area contributed by atoms with Crippen LogP contribution in [0.2, 0.25) is 0 Å². The molecule has 0 radical (unpaired) electrons. The molecule has 0 fully saturated rings. The van der Waals surface area contributed by atoms with Gasteiger partial charge in [-0.2, -0.15) is 0 Å². The molecule has 6 heteroatoms. The van der Waals surface area contributed by atoms with Crippen LogP contribution in [-0.2, 0) is 0 Å². The van der Waals surface area contributed by atoms with Gasteiger partial charge in [-0.15, -0.1) is 0 Å². The number of rotatable bonds is 2. The van der Waals surface area contributed by atoms with Gasteiger partial charge in [0.1, 0.15) is 6.20 Å². The summed E-state index contributed by atoms with van der Waals surface area (Å²) in [5, 5.41) is 16.6. The molecular weight excluding hydrogens is 136 g/mol. The van der Waals surface area contributed by atoms with Crippen molar-refractivity contribution >= 4 is 12.2 Å². The first-order chi connectivity index (χ1) is 4.74. The lowest BCUT2D eigenvalue weighted by Crippen LogP contribution is -1.89. The minimum Gasteiger partial charge on any atom is -0.390 e. The van der Waals surface area contributed by atoms with E-state index in [1.165, 1.54) is 6.20 Å². The Balaban J connectivity index is 2.98. The maximum atomic E-state index is 9.97. The molecule has 0 aliphatic rings. The summed E-state index contributed by atoms with van der Waals surface area (Å²) in [6, 6.07) is 0. The van der Waals surface area contributed by atoms with Gasteiger partial charge in [-0.1, -0.05) is 4.98 Å². The van der Waals surface area contributed by atoms with Crippen molar-refractivity contribution in [3.8, 4) is 0 Å². The monoisotopic (exact) mass is 140 g/mol. The molecule has 1 aromatic rings. The molecule has 0 spiro atoms. The molecule has 0 unspecified atom stereocenters. The van der Waals surface area contributed by atoms with Gasteiger partial charge in [0.05, 0.1) is 6.21 Å². The fourth-order valence-corrected chi connectivity index (χ4v) is 0.490. The van der Waals surface area contributed by atoms with Crippen molar-refractivity contribution < 1.29 is 4.92 Å². The van der Waals surface area contributed by atoms with Crippen LogP contribution in [0.3, 0.4) is 0 Å². The van der Waals surface area contributed by atoms with Gasteiger partial charge in [0.15, 0.2) is 5.69 Å². The molecule has 0 saturated carbocycles. The van der Waals surface area contributed by atoms with Crippen molar-refractivity contribution in [3.63, 3.8) is 0 Å². The Morgan fingerprint density at radius 2 is 2.60 bits per heavy atom. The largest absolute Gasteiger partial charge is 0.432 e. The van der Waals surface area contributed by atoms with E-state index in [0.29, 0.717) is 5.69 Å². The van der Waals surface area contributed by atoms with E-state index < -0.39 is 4.92 Å². The van der Waals surface area contributed by atoms with Crippen molar-refractivity contribution in [1.29, 1.82) is 5.41 Å². The Morgan fingerprint density at radius 1 is 1.90 bits per heavy atom. The predicted octanol–water partition coefficient (Wildman–Crippen LogP) is 0.316. The molecule has 1 rings (SSSR count). The molecule has 1 heterocycles. The second-order valence-electron chi connectivity index (χ2n) is 1.56. The summed E-state index contributed by atoms with van der Waals surface area (Å²) in [5.41, 5.74) is 0.326. The molecule has 2 N–H and O–H groups in total. The minimum atomic E-state index is -0.646. The molecule has 6 nitrogen and oxygen atoms in total. The Kier molecular flexibility index (Phi) is 1.44. The van der Waals surface area contributed by atoms with Gasteiger partial charge in [0.25, 0.3) is 0 Å². The Hall–Kier alpha value is -1.72. The molecule has 52 valence electrons. The van der Waals surface area contributed by atoms with Crippen molar-refractivity contribution in [2.45, 2.75) is 0 Å². The average Bonchev–Trinajstić information content (AvgIpc) is 2.34. The highest BCUT2D eigenvalue weighted by atomic mass is 16.6. The normalized spacial score (nSPS) is 9.20. The zero-order valence-electron chi connectivity index (χ0n) is 4.87. The van der Waals surface area contributed by atoms with Crippen LogP contribution in [0.4, 0.5) is 5.95 Å². The predicted molar refractivity (Wildman–Crippen MR) is 33.1 cm³/mol. The fourth-order valence-electron chi connectivity index (χ4n) is 0.490. The van der Waals surface area contributed by atoms with Crippen LogP contribution < -0.4 is 0 Å². The van der Waals surface area contributed by atoms with Crippen molar-refractivity contribution in [1.82, 2.24) is 9.97 Å². The van der Waals surface area contributed by atoms with Crippen LogP contribution in [-0.4, -0.2) is 21.1 Å². The van der Waals surface area contributed by atoms with Gasteiger partial charge >= 0.3 is 5.95 Å². The number of hydrogen-bond acceptors (Lipinski definition) is 4. The van der Waals surface area contributed by atoms with Crippen molar-refractivity contribution in [2.75, 3.05) is 0 Å². The number of nitro groups is 1. The molecule has 1 aromatic heterocycles. The molecule has 0 aromatic carbocycles. The third-order valence-corrected chi connectivity index (χ3v) is 0.910. The number of aromatic nitrogens is 2. The van der Waals surface area contributed by atoms with Crippen LogP contribution in [0.1, 0.15) is 5.69 Å². The van der Waals surface area contributed by atoms with Gasteiger partial charge in [0, 0.05) is 0 Å². The molecule has 0 atom stereocenters. The maximum absolute atomic E-state index is 9.97. The first kappa shape index (κ1) is 6.40. The SMILES string of the molecule is N=Cc1cnc([N+](=O)[O-])[nH]1. The summed E-state index contributed by atoms with van der Waals surface area (Å²) in [6.07, 6.45) is 2.19. The topological polar surface area (TPSA) is 95.7 Å². The summed E-state index contributed by atoms with van der Waals surface area (Å²) in [7, 11) is 0. The quantitative estimate of drug-likeness (QED) is 0.351. The summed E-state index contributed by atoms with van der Waals surface area (Å²) in [4.78, 5) is 15.0. The Morgan fingerprint density at radius 3 is 2.90 bits per heavy atom. The van der Waals surface area contributed by atoms with E-state index >= 15 is 0 Å². The van der Waals surface area contributed by atoms with Crippen molar-refractivity contribution in [3.05, 3.63) is 22.0 Å². The lowest BCUT2D eigenvalue weighted by molar-refractivity contribution is -0.393. The highest BCUT2D eigenvalue weighted by Gasteiger charge is 2.07. The summed E-state index contributed by atoms with van der Waals surface area (Å²) >= 11 is 0. The number of aromatic amines is 1. The van der Waals surface area contributed by atoms with Gasteiger partial charge in [0.2, 0.25) is 0 Å². The summed E-state index contributed by atoms with van der Waals surface area (Å²) in [6.45, 7) is 0. The van der Waals surface area contributed by atoms with Crippen LogP contribution >= 0.6 is 0 Å². The summed E-state index contributed by atoms with van der Waals surface area (Å²) < 4.78 is 0. The van der Waals surface area contributed by atoms with E-state index in [-0.39, 0.29) is 5.95 Å². The van der Waals surface area contributed by atoms with Crippen LogP contribution in [0, 0.1) is 15.5 Å². The highest BCUT2D eigenvalue weighted by molar-refractivity contribution is 5.73. The Bertz CT molecular complexity index is 266. The fraction of sp³-hybridized carbons (Fsp3) is 0. The number of imidazole rings is 1. The molecule has 0 saturated heterocycles. The van der Waals surface area contributed by atoms with E-state index in [1.54, 1.807) is 0 Å². The van der Waals surface area contributed by atoms with E-state index in [0.717, 1.165) is 6.21 Å². The first-order valence-corrected chi connectivity index (χ1v) is 2.44. The van der Waals surface area contributed by atoms with Crippen LogP contribution in [0.15, 0.2) is 6.20 Å². The highest BCUT2D eigenvalue weighted by Crippen LogP contribution is 2.01. The lowest BCUT2D eigenvalue weighted by atomic mass is 10.5. The third kappa shape index (κ3) is 0.993. The smallest absolute Gasteiger partial charge is 0.390 e. The molecule has 0 aliphatic carbocycles. The second-order valence-corrected chi connectivity index (χ2v) is 1.56. The van der Waals surface area contributed by atoms with E-state index in [1.807, 2.05) is 0 Å². The van der Waals surface area contributed by atoms with Gasteiger partial charge in [-0.3, -0.25) is 0 Å². The van der Waals surface area contributed by atoms with Crippen LogP contribution in [0.5, 0.6) is 0 Å². The number of H-pyrrole nitrogens is 1. The summed E-state index contributed by atoms with van der Waals surface area (Å²) in [5.74, 6) is -0.335. The molecule has 0 aliphatic heterocycles. The van der Waals surface area contributed by atoms with Gasteiger partial charge < -0.3 is 15.5 Å². The Labute approximate surface area is 55.6 Å². The number of hydrogen-bond donors (Lipinski definition) is 2.